The van der Waals surface area contributed by atoms with E-state index in [9.17, 15) is 14.4 Å². The fourth-order valence-electron chi connectivity index (χ4n) is 2.78. The third kappa shape index (κ3) is 4.50. The Bertz CT molecular complexity index is 966. The van der Waals surface area contributed by atoms with Gasteiger partial charge >= 0.3 is 0 Å². The molecule has 0 aromatic heterocycles. The molecule has 29 heavy (non-hydrogen) atoms. The minimum Gasteiger partial charge on any atom is -0.359 e. The molecule has 0 aliphatic carbocycles. The summed E-state index contributed by atoms with van der Waals surface area (Å²) >= 11 is 17.2. The number of halogens is 2. The van der Waals surface area contributed by atoms with Gasteiger partial charge in [-0.15, -0.1) is 0 Å². The molecule has 2 aromatic carbocycles. The maximum Gasteiger partial charge on any atom is 0.269 e. The van der Waals surface area contributed by atoms with E-state index in [1.54, 1.807) is 48.5 Å². The number of benzene rings is 2. The molecule has 3 rings (SSSR count). The molecule has 0 bridgehead atoms. The number of thiocarbonyl (C=S) groups is 1. The van der Waals surface area contributed by atoms with Crippen molar-refractivity contribution in [2.45, 2.75) is 12.5 Å². The number of hydrogen-bond donors (Lipinski definition) is 2. The second-order valence-corrected chi connectivity index (χ2v) is 7.38. The van der Waals surface area contributed by atoms with Crippen molar-refractivity contribution in [3.05, 3.63) is 64.1 Å². The molecular formula is C19H16Cl2N4O3S. The molecule has 1 saturated heterocycles. The van der Waals surface area contributed by atoms with E-state index in [2.05, 4.69) is 10.7 Å². The predicted molar refractivity (Wildman–Crippen MR) is 115 cm³/mol. The molecule has 1 aliphatic rings. The minimum absolute atomic E-state index is 0.0496. The number of nitrogens with one attached hydrogen (secondary N) is 2. The zero-order chi connectivity index (χ0) is 21.1. The van der Waals surface area contributed by atoms with Crippen LogP contribution in [0.4, 0.5) is 5.69 Å². The topological polar surface area (TPSA) is 81.8 Å². The highest BCUT2D eigenvalue weighted by Crippen LogP contribution is 2.27. The number of hydrogen-bond acceptors (Lipinski definition) is 4. The van der Waals surface area contributed by atoms with Crippen molar-refractivity contribution in [2.24, 2.45) is 0 Å². The van der Waals surface area contributed by atoms with E-state index < -0.39 is 17.9 Å². The summed E-state index contributed by atoms with van der Waals surface area (Å²) in [5, 5.41) is 4.75. The highest BCUT2D eigenvalue weighted by Gasteiger charge is 2.45. The van der Waals surface area contributed by atoms with Gasteiger partial charge in [0.15, 0.2) is 0 Å². The van der Waals surface area contributed by atoms with Gasteiger partial charge < -0.3 is 5.32 Å². The molecule has 1 heterocycles. The van der Waals surface area contributed by atoms with Gasteiger partial charge in [0, 0.05) is 22.7 Å². The zero-order valence-corrected chi connectivity index (χ0v) is 17.5. The Morgan fingerprint density at radius 3 is 2.14 bits per heavy atom. The fraction of sp³-hybridized carbons (Fsp3) is 0.158. The lowest BCUT2D eigenvalue weighted by Gasteiger charge is -2.24. The lowest BCUT2D eigenvalue weighted by Crippen LogP contribution is -2.50. The molecule has 2 N–H and O–H groups in total. The Labute approximate surface area is 182 Å². The molecular weight excluding hydrogens is 435 g/mol. The first kappa shape index (κ1) is 21.0. The van der Waals surface area contributed by atoms with Crippen LogP contribution in [0.2, 0.25) is 10.0 Å². The molecule has 1 unspecified atom stereocenters. The minimum atomic E-state index is -0.991. The van der Waals surface area contributed by atoms with Crippen molar-refractivity contribution in [3.8, 4) is 0 Å². The van der Waals surface area contributed by atoms with E-state index in [1.807, 2.05) is 0 Å². The van der Waals surface area contributed by atoms with Crippen LogP contribution in [0.15, 0.2) is 48.5 Å². The van der Waals surface area contributed by atoms with Gasteiger partial charge in [0.05, 0.1) is 12.1 Å². The van der Waals surface area contributed by atoms with Gasteiger partial charge in [-0.2, -0.15) is 0 Å². The summed E-state index contributed by atoms with van der Waals surface area (Å²) in [6.45, 7) is 0. The molecule has 0 saturated carbocycles. The standard InChI is InChI=1S/C19H16Cl2N4O3S/c1-22-16(26)10-15-18(28)24(14-8-6-13(21)7-9-14)19(29)25(15)23-17(27)11-2-4-12(20)5-3-11/h2-9,15H,10H2,1H3,(H,22,26)(H,23,27). The Hall–Kier alpha value is -2.68. The highest BCUT2D eigenvalue weighted by atomic mass is 35.5. The van der Waals surface area contributed by atoms with Gasteiger partial charge in [0.2, 0.25) is 11.0 Å². The zero-order valence-electron chi connectivity index (χ0n) is 15.2. The molecule has 7 nitrogen and oxygen atoms in total. The summed E-state index contributed by atoms with van der Waals surface area (Å²) in [5.74, 6) is -1.29. The fourth-order valence-corrected chi connectivity index (χ4v) is 3.40. The summed E-state index contributed by atoms with van der Waals surface area (Å²) < 4.78 is 0. The summed E-state index contributed by atoms with van der Waals surface area (Å²) in [6.07, 6.45) is -0.180. The Balaban J connectivity index is 1.90. The molecule has 150 valence electrons. The Morgan fingerprint density at radius 2 is 1.59 bits per heavy atom. The van der Waals surface area contributed by atoms with E-state index in [4.69, 9.17) is 35.4 Å². The van der Waals surface area contributed by atoms with Crippen LogP contribution in [0.25, 0.3) is 0 Å². The number of amides is 3. The van der Waals surface area contributed by atoms with Crippen molar-refractivity contribution in [3.63, 3.8) is 0 Å². The van der Waals surface area contributed by atoms with Crippen LogP contribution in [0.3, 0.4) is 0 Å². The van der Waals surface area contributed by atoms with Crippen LogP contribution < -0.4 is 15.6 Å². The molecule has 10 heteroatoms. The van der Waals surface area contributed by atoms with Crippen LogP contribution in [0.5, 0.6) is 0 Å². The van der Waals surface area contributed by atoms with Crippen LogP contribution in [-0.4, -0.2) is 40.9 Å². The van der Waals surface area contributed by atoms with Gasteiger partial charge in [-0.25, -0.2) is 5.01 Å². The molecule has 1 aliphatic heterocycles. The van der Waals surface area contributed by atoms with Crippen molar-refractivity contribution >= 4 is 63.9 Å². The Kier molecular flexibility index (Phi) is 6.36. The third-order valence-corrected chi connectivity index (χ3v) is 5.17. The predicted octanol–water partition coefficient (Wildman–Crippen LogP) is 2.78. The summed E-state index contributed by atoms with van der Waals surface area (Å²) in [5.41, 5.74) is 3.44. The molecule has 0 radical (unpaired) electrons. The average Bonchev–Trinajstić information content (AvgIpc) is 2.93. The maximum absolute atomic E-state index is 13.0. The molecule has 3 amide bonds. The number of anilines is 1. The number of hydrazine groups is 1. The van der Waals surface area contributed by atoms with Crippen molar-refractivity contribution in [2.75, 3.05) is 11.9 Å². The monoisotopic (exact) mass is 450 g/mol. The van der Waals surface area contributed by atoms with E-state index in [0.29, 0.717) is 21.3 Å². The third-order valence-electron chi connectivity index (χ3n) is 4.29. The molecule has 1 fully saturated rings. The van der Waals surface area contributed by atoms with Gasteiger partial charge in [-0.3, -0.25) is 24.7 Å². The summed E-state index contributed by atoms with van der Waals surface area (Å²) in [7, 11) is 1.47. The van der Waals surface area contributed by atoms with E-state index in [0.717, 1.165) is 0 Å². The molecule has 2 aromatic rings. The summed E-state index contributed by atoms with van der Waals surface area (Å²) in [4.78, 5) is 38.9. The second kappa shape index (κ2) is 8.77. The van der Waals surface area contributed by atoms with Crippen molar-refractivity contribution in [1.82, 2.24) is 15.8 Å². The van der Waals surface area contributed by atoms with Gasteiger partial charge in [-0.1, -0.05) is 23.2 Å². The van der Waals surface area contributed by atoms with E-state index >= 15 is 0 Å². The first-order valence-corrected chi connectivity index (χ1v) is 9.68. The maximum atomic E-state index is 13.0. The van der Waals surface area contributed by atoms with Crippen molar-refractivity contribution in [1.29, 1.82) is 0 Å². The SMILES string of the molecule is CNC(=O)CC1C(=O)N(c2ccc(Cl)cc2)C(=S)N1NC(=O)c1ccc(Cl)cc1. The lowest BCUT2D eigenvalue weighted by atomic mass is 10.2. The Morgan fingerprint density at radius 1 is 1.03 bits per heavy atom. The average molecular weight is 451 g/mol. The van der Waals surface area contributed by atoms with Crippen LogP contribution in [0.1, 0.15) is 16.8 Å². The number of carbonyl (C=O) groups excluding carboxylic acids is 3. The molecule has 0 spiro atoms. The number of nitrogens with zero attached hydrogens (tertiary/aromatic N) is 2. The second-order valence-electron chi connectivity index (χ2n) is 6.14. The van der Waals surface area contributed by atoms with E-state index in [-0.39, 0.29) is 17.4 Å². The lowest BCUT2D eigenvalue weighted by molar-refractivity contribution is -0.127. The van der Waals surface area contributed by atoms with E-state index in [1.165, 1.54) is 17.0 Å². The molecule has 1 atom stereocenters. The van der Waals surface area contributed by atoms with Crippen molar-refractivity contribution < 1.29 is 14.4 Å². The van der Waals surface area contributed by atoms with Gasteiger partial charge in [0.1, 0.15) is 6.04 Å². The number of rotatable bonds is 5. The quantitative estimate of drug-likeness (QED) is 0.684. The highest BCUT2D eigenvalue weighted by molar-refractivity contribution is 7.80. The van der Waals surface area contributed by atoms with Gasteiger partial charge in [0.25, 0.3) is 11.8 Å². The van der Waals surface area contributed by atoms with Crippen LogP contribution in [0, 0.1) is 0 Å². The first-order chi connectivity index (χ1) is 13.8. The van der Waals surface area contributed by atoms with Crippen LogP contribution >= 0.6 is 35.4 Å². The van der Waals surface area contributed by atoms with Gasteiger partial charge in [-0.05, 0) is 60.7 Å². The number of carbonyl (C=O) groups is 3. The smallest absolute Gasteiger partial charge is 0.269 e. The largest absolute Gasteiger partial charge is 0.359 e. The van der Waals surface area contributed by atoms with Crippen LogP contribution in [-0.2, 0) is 9.59 Å². The first-order valence-electron chi connectivity index (χ1n) is 8.51. The summed E-state index contributed by atoms with van der Waals surface area (Å²) in [6, 6.07) is 11.8. The normalized spacial score (nSPS) is 16.2.